The number of hydrogen-bond acceptors (Lipinski definition) is 5. The first-order chi connectivity index (χ1) is 11.5. The van der Waals surface area contributed by atoms with Gasteiger partial charge in [-0.05, 0) is 37.3 Å². The Morgan fingerprint density at radius 2 is 1.67 bits per heavy atom. The average molecular weight is 328 g/mol. The van der Waals surface area contributed by atoms with Gasteiger partial charge in [-0.2, -0.15) is 0 Å². The van der Waals surface area contributed by atoms with Gasteiger partial charge in [0.2, 0.25) is 0 Å². The van der Waals surface area contributed by atoms with Crippen LogP contribution in [-0.2, 0) is 9.53 Å². The van der Waals surface area contributed by atoms with Crippen LogP contribution in [0, 0.1) is 0 Å². The standard InChI is InChI=1S/C17H16N2O5/c1-11(15(20)19-17(18)22)23-16(21)12-6-5-9-14(10-12)24-13-7-3-2-4-8-13/h2-11H,1H3,(H3,18,19,20,22)/t11-/m0/s1. The number of hydrogen-bond donors (Lipinski definition) is 2. The van der Waals surface area contributed by atoms with Gasteiger partial charge in [-0.3, -0.25) is 10.1 Å². The molecule has 7 nitrogen and oxygen atoms in total. The fourth-order valence-corrected chi connectivity index (χ4v) is 1.82. The molecule has 124 valence electrons. The molecule has 0 radical (unpaired) electrons. The molecule has 3 N–H and O–H groups in total. The predicted octanol–water partition coefficient (Wildman–Crippen LogP) is 2.22. The maximum Gasteiger partial charge on any atom is 0.339 e. The third-order valence-corrected chi connectivity index (χ3v) is 2.95. The Bertz CT molecular complexity index is 746. The van der Waals surface area contributed by atoms with E-state index < -0.39 is 24.0 Å². The van der Waals surface area contributed by atoms with Gasteiger partial charge in [0, 0.05) is 0 Å². The summed E-state index contributed by atoms with van der Waals surface area (Å²) >= 11 is 0. The number of rotatable bonds is 5. The molecule has 0 saturated carbocycles. The van der Waals surface area contributed by atoms with Crippen molar-refractivity contribution in [3.8, 4) is 11.5 Å². The molecule has 0 unspecified atom stereocenters. The zero-order chi connectivity index (χ0) is 17.5. The lowest BCUT2D eigenvalue weighted by Crippen LogP contribution is -2.42. The molecule has 0 fully saturated rings. The van der Waals surface area contributed by atoms with Crippen molar-refractivity contribution >= 4 is 17.9 Å². The first-order valence-corrected chi connectivity index (χ1v) is 7.10. The van der Waals surface area contributed by atoms with Crippen LogP contribution in [0.3, 0.4) is 0 Å². The lowest BCUT2D eigenvalue weighted by molar-refractivity contribution is -0.127. The van der Waals surface area contributed by atoms with E-state index in [1.54, 1.807) is 24.3 Å². The Hall–Kier alpha value is -3.35. The number of primary amides is 1. The van der Waals surface area contributed by atoms with Crippen LogP contribution in [0.4, 0.5) is 4.79 Å². The number of urea groups is 1. The highest BCUT2D eigenvalue weighted by Crippen LogP contribution is 2.22. The number of amides is 3. The zero-order valence-electron chi connectivity index (χ0n) is 12.9. The number of para-hydroxylation sites is 1. The van der Waals surface area contributed by atoms with Crippen LogP contribution < -0.4 is 15.8 Å². The number of carbonyl (C=O) groups excluding carboxylic acids is 3. The SMILES string of the molecule is C[C@H](OC(=O)c1cccc(Oc2ccccc2)c1)C(=O)NC(N)=O. The lowest BCUT2D eigenvalue weighted by Gasteiger charge is -2.12. The maximum absolute atomic E-state index is 12.1. The van der Waals surface area contributed by atoms with E-state index in [1.807, 2.05) is 23.5 Å². The normalized spacial score (nSPS) is 11.2. The molecule has 0 saturated heterocycles. The quantitative estimate of drug-likeness (QED) is 0.818. The molecule has 7 heteroatoms. The van der Waals surface area contributed by atoms with E-state index in [0.717, 1.165) is 0 Å². The van der Waals surface area contributed by atoms with Crippen molar-refractivity contribution in [1.29, 1.82) is 0 Å². The van der Waals surface area contributed by atoms with E-state index in [1.165, 1.54) is 19.1 Å². The molecule has 0 aromatic heterocycles. The van der Waals surface area contributed by atoms with Crippen LogP contribution in [0.2, 0.25) is 0 Å². The molecule has 0 bridgehead atoms. The molecule has 0 heterocycles. The summed E-state index contributed by atoms with van der Waals surface area (Å²) < 4.78 is 10.6. The van der Waals surface area contributed by atoms with Gasteiger partial charge in [-0.25, -0.2) is 9.59 Å². The molecular weight excluding hydrogens is 312 g/mol. The summed E-state index contributed by atoms with van der Waals surface area (Å²) in [5, 5.41) is 1.84. The smallest absolute Gasteiger partial charge is 0.339 e. The monoisotopic (exact) mass is 328 g/mol. The first-order valence-electron chi connectivity index (χ1n) is 7.10. The topological polar surface area (TPSA) is 108 Å². The van der Waals surface area contributed by atoms with Crippen LogP contribution in [0.5, 0.6) is 11.5 Å². The Balaban J connectivity index is 2.03. The van der Waals surface area contributed by atoms with E-state index in [4.69, 9.17) is 15.2 Å². The van der Waals surface area contributed by atoms with Crippen molar-refractivity contribution in [3.63, 3.8) is 0 Å². The van der Waals surface area contributed by atoms with Gasteiger partial charge in [0.25, 0.3) is 5.91 Å². The van der Waals surface area contributed by atoms with E-state index in [-0.39, 0.29) is 5.56 Å². The van der Waals surface area contributed by atoms with Crippen LogP contribution in [0.1, 0.15) is 17.3 Å². The summed E-state index contributed by atoms with van der Waals surface area (Å²) in [6, 6.07) is 14.4. The number of benzene rings is 2. The molecule has 1 atom stereocenters. The molecule has 2 aromatic rings. The summed E-state index contributed by atoms with van der Waals surface area (Å²) in [7, 11) is 0. The summed E-state index contributed by atoms with van der Waals surface area (Å²) in [5.41, 5.74) is 5.05. The van der Waals surface area contributed by atoms with Crippen molar-refractivity contribution < 1.29 is 23.9 Å². The number of nitrogens with two attached hydrogens (primary N) is 1. The molecule has 0 spiro atoms. The number of nitrogens with one attached hydrogen (secondary N) is 1. The maximum atomic E-state index is 12.1. The molecule has 2 aromatic carbocycles. The van der Waals surface area contributed by atoms with Gasteiger partial charge in [0.05, 0.1) is 5.56 Å². The van der Waals surface area contributed by atoms with E-state index in [0.29, 0.717) is 11.5 Å². The third-order valence-electron chi connectivity index (χ3n) is 2.95. The van der Waals surface area contributed by atoms with Crippen LogP contribution in [0.25, 0.3) is 0 Å². The molecule has 3 amide bonds. The molecule has 2 rings (SSSR count). The van der Waals surface area contributed by atoms with E-state index in [2.05, 4.69) is 0 Å². The van der Waals surface area contributed by atoms with E-state index in [9.17, 15) is 14.4 Å². The van der Waals surface area contributed by atoms with Gasteiger partial charge in [0.1, 0.15) is 11.5 Å². The minimum absolute atomic E-state index is 0.210. The fraction of sp³-hybridized carbons (Fsp3) is 0.118. The second-order valence-corrected chi connectivity index (χ2v) is 4.84. The predicted molar refractivity (Wildman–Crippen MR) is 85.6 cm³/mol. The highest BCUT2D eigenvalue weighted by Gasteiger charge is 2.20. The zero-order valence-corrected chi connectivity index (χ0v) is 12.9. The Kier molecular flexibility index (Phi) is 5.51. The average Bonchev–Trinajstić information content (AvgIpc) is 2.55. The van der Waals surface area contributed by atoms with Crippen LogP contribution in [-0.4, -0.2) is 24.0 Å². The van der Waals surface area contributed by atoms with Gasteiger partial charge >= 0.3 is 12.0 Å². The van der Waals surface area contributed by atoms with Crippen molar-refractivity contribution in [1.82, 2.24) is 5.32 Å². The second-order valence-electron chi connectivity index (χ2n) is 4.84. The summed E-state index contributed by atoms with van der Waals surface area (Å²) in [4.78, 5) is 34.2. The summed E-state index contributed by atoms with van der Waals surface area (Å²) in [6.07, 6.45) is -1.16. The Morgan fingerprint density at radius 3 is 2.33 bits per heavy atom. The van der Waals surface area contributed by atoms with Gasteiger partial charge in [0.15, 0.2) is 6.10 Å². The Morgan fingerprint density at radius 1 is 1.00 bits per heavy atom. The van der Waals surface area contributed by atoms with Gasteiger partial charge in [-0.15, -0.1) is 0 Å². The van der Waals surface area contributed by atoms with Crippen molar-refractivity contribution in [3.05, 3.63) is 60.2 Å². The van der Waals surface area contributed by atoms with Gasteiger partial charge < -0.3 is 15.2 Å². The third kappa shape index (κ3) is 4.84. The number of esters is 1. The molecule has 0 aliphatic carbocycles. The van der Waals surface area contributed by atoms with Gasteiger partial charge in [-0.1, -0.05) is 24.3 Å². The summed E-state index contributed by atoms with van der Waals surface area (Å²) in [5.74, 6) is -0.449. The number of imide groups is 1. The Labute approximate surface area is 138 Å². The van der Waals surface area contributed by atoms with Crippen molar-refractivity contribution in [2.75, 3.05) is 0 Å². The highest BCUT2D eigenvalue weighted by atomic mass is 16.5. The van der Waals surface area contributed by atoms with Crippen LogP contribution >= 0.6 is 0 Å². The number of ether oxygens (including phenoxy) is 2. The minimum atomic E-state index is -1.16. The molecular formula is C17H16N2O5. The largest absolute Gasteiger partial charge is 0.457 e. The summed E-state index contributed by atoms with van der Waals surface area (Å²) in [6.45, 7) is 1.33. The minimum Gasteiger partial charge on any atom is -0.457 e. The second kappa shape index (κ2) is 7.77. The highest BCUT2D eigenvalue weighted by molar-refractivity contribution is 5.98. The first kappa shape index (κ1) is 17.0. The fourth-order valence-electron chi connectivity index (χ4n) is 1.82. The molecule has 0 aliphatic rings. The van der Waals surface area contributed by atoms with Crippen molar-refractivity contribution in [2.45, 2.75) is 13.0 Å². The lowest BCUT2D eigenvalue weighted by atomic mass is 10.2. The molecule has 0 aliphatic heterocycles. The van der Waals surface area contributed by atoms with Crippen LogP contribution in [0.15, 0.2) is 54.6 Å². The van der Waals surface area contributed by atoms with Crippen molar-refractivity contribution in [2.24, 2.45) is 5.73 Å². The van der Waals surface area contributed by atoms with E-state index >= 15 is 0 Å². The number of carbonyl (C=O) groups is 3. The molecule has 24 heavy (non-hydrogen) atoms.